The van der Waals surface area contributed by atoms with Gasteiger partial charge in [0.2, 0.25) is 21.8 Å². The van der Waals surface area contributed by atoms with Crippen molar-refractivity contribution in [3.05, 3.63) is 64.4 Å². The predicted octanol–water partition coefficient (Wildman–Crippen LogP) is 3.69. The van der Waals surface area contributed by atoms with Gasteiger partial charge in [0.05, 0.1) is 11.9 Å². The average molecular weight is 542 g/mol. The lowest BCUT2D eigenvalue weighted by atomic mass is 10.1. The van der Waals surface area contributed by atoms with Crippen LogP contribution in [0.15, 0.2) is 53.0 Å². The molecule has 2 amide bonds. The molecule has 10 heteroatoms. The van der Waals surface area contributed by atoms with Crippen LogP contribution in [0.25, 0.3) is 0 Å². The topological polar surface area (TPSA) is 86.8 Å². The second-order valence-corrected chi connectivity index (χ2v) is 10.7. The number of carbonyl (C=O) groups is 2. The highest BCUT2D eigenvalue weighted by Crippen LogP contribution is 2.20. The molecule has 2 aromatic rings. The molecule has 0 fully saturated rings. The van der Waals surface area contributed by atoms with E-state index in [1.807, 2.05) is 38.1 Å². The van der Waals surface area contributed by atoms with E-state index in [2.05, 4.69) is 21.2 Å². The largest absolute Gasteiger partial charge is 0.352 e. The lowest BCUT2D eigenvalue weighted by molar-refractivity contribution is -0.139. The van der Waals surface area contributed by atoms with Crippen molar-refractivity contribution in [3.8, 4) is 0 Å². The summed E-state index contributed by atoms with van der Waals surface area (Å²) in [5.74, 6) is -1.55. The zero-order valence-electron chi connectivity index (χ0n) is 19.1. The van der Waals surface area contributed by atoms with Crippen molar-refractivity contribution >= 4 is 43.5 Å². The number of sulfonamides is 1. The molecule has 0 radical (unpaired) electrons. The van der Waals surface area contributed by atoms with E-state index >= 15 is 0 Å². The van der Waals surface area contributed by atoms with E-state index in [1.165, 1.54) is 23.1 Å². The zero-order chi connectivity index (χ0) is 24.8. The molecule has 33 heavy (non-hydrogen) atoms. The maximum absolute atomic E-state index is 13.8. The molecule has 0 aromatic heterocycles. The second-order valence-electron chi connectivity index (χ2n) is 7.89. The summed E-state index contributed by atoms with van der Waals surface area (Å²) in [6.07, 6.45) is 1.67. The summed E-state index contributed by atoms with van der Waals surface area (Å²) in [4.78, 5) is 27.5. The molecule has 0 saturated carbocycles. The van der Waals surface area contributed by atoms with Gasteiger partial charge >= 0.3 is 0 Å². The Kier molecular flexibility index (Phi) is 9.42. The number of anilines is 1. The average Bonchev–Trinajstić information content (AvgIpc) is 2.74. The van der Waals surface area contributed by atoms with Crippen molar-refractivity contribution in [2.75, 3.05) is 17.1 Å². The van der Waals surface area contributed by atoms with E-state index in [4.69, 9.17) is 0 Å². The Morgan fingerprint density at radius 3 is 2.36 bits per heavy atom. The minimum absolute atomic E-state index is 0.0324. The third kappa shape index (κ3) is 7.82. The smallest absolute Gasteiger partial charge is 0.244 e. The normalized spacial score (nSPS) is 13.2. The number of hydrogen-bond acceptors (Lipinski definition) is 4. The Bertz CT molecular complexity index is 1100. The van der Waals surface area contributed by atoms with Crippen LogP contribution in [-0.4, -0.2) is 50.0 Å². The van der Waals surface area contributed by atoms with Crippen molar-refractivity contribution < 1.29 is 22.4 Å². The molecule has 0 heterocycles. The van der Waals surface area contributed by atoms with Crippen LogP contribution in [0.4, 0.5) is 10.1 Å². The number of rotatable bonds is 10. The SMILES string of the molecule is CCC(C)NC(=O)C(C)N(Cc1cccc(Br)c1)C(=O)CN(c1cccc(F)c1)S(C)(=O)=O. The van der Waals surface area contributed by atoms with E-state index in [1.54, 1.807) is 6.92 Å². The molecule has 7 nitrogen and oxygen atoms in total. The number of hydrogen-bond donors (Lipinski definition) is 1. The Labute approximate surface area is 203 Å². The Morgan fingerprint density at radius 1 is 1.12 bits per heavy atom. The molecule has 0 aliphatic rings. The summed E-state index contributed by atoms with van der Waals surface area (Å²) in [7, 11) is -3.90. The summed E-state index contributed by atoms with van der Waals surface area (Å²) >= 11 is 3.40. The maximum Gasteiger partial charge on any atom is 0.244 e. The van der Waals surface area contributed by atoms with Gasteiger partial charge in [-0.1, -0.05) is 41.1 Å². The van der Waals surface area contributed by atoms with E-state index in [9.17, 15) is 22.4 Å². The van der Waals surface area contributed by atoms with Crippen molar-refractivity contribution in [2.24, 2.45) is 0 Å². The van der Waals surface area contributed by atoms with Crippen LogP contribution in [0.1, 0.15) is 32.8 Å². The predicted molar refractivity (Wildman–Crippen MR) is 131 cm³/mol. The second kappa shape index (κ2) is 11.6. The molecule has 0 saturated heterocycles. The number of amides is 2. The van der Waals surface area contributed by atoms with Crippen molar-refractivity contribution in [1.82, 2.24) is 10.2 Å². The summed E-state index contributed by atoms with van der Waals surface area (Å²) in [5.41, 5.74) is 0.794. The van der Waals surface area contributed by atoms with Gasteiger partial charge in [-0.05, 0) is 56.2 Å². The number of carbonyl (C=O) groups excluding carboxylic acids is 2. The molecule has 2 aromatic carbocycles. The molecule has 0 spiro atoms. The molecule has 180 valence electrons. The van der Waals surface area contributed by atoms with E-state index < -0.39 is 34.3 Å². The monoisotopic (exact) mass is 541 g/mol. The van der Waals surface area contributed by atoms with Crippen molar-refractivity contribution in [3.63, 3.8) is 0 Å². The lowest BCUT2D eigenvalue weighted by Crippen LogP contribution is -2.52. The highest BCUT2D eigenvalue weighted by Gasteiger charge is 2.30. The molecule has 2 rings (SSSR count). The molecule has 0 aliphatic carbocycles. The van der Waals surface area contributed by atoms with E-state index in [-0.39, 0.29) is 24.2 Å². The first kappa shape index (κ1) is 26.8. The maximum atomic E-state index is 13.8. The molecule has 2 unspecified atom stereocenters. The highest BCUT2D eigenvalue weighted by molar-refractivity contribution is 9.10. The molecule has 0 aliphatic heterocycles. The summed E-state index contributed by atoms with van der Waals surface area (Å²) in [6, 6.07) is 11.3. The van der Waals surface area contributed by atoms with Crippen LogP contribution in [0.2, 0.25) is 0 Å². The fraction of sp³-hybridized carbons (Fsp3) is 0.391. The highest BCUT2D eigenvalue weighted by atomic mass is 79.9. The minimum Gasteiger partial charge on any atom is -0.352 e. The van der Waals surface area contributed by atoms with Gasteiger partial charge < -0.3 is 10.2 Å². The third-order valence-corrected chi connectivity index (χ3v) is 6.82. The van der Waals surface area contributed by atoms with Crippen LogP contribution in [0, 0.1) is 5.82 Å². The molecule has 1 N–H and O–H groups in total. The first-order valence-corrected chi connectivity index (χ1v) is 13.1. The molecule has 0 bridgehead atoms. The standard InChI is InChI=1S/C23H29BrFN3O4S/c1-5-16(2)26-23(30)17(3)27(14-18-8-6-9-19(24)12-18)22(29)15-28(33(4,31)32)21-11-7-10-20(25)13-21/h6-13,16-17H,5,14-15H2,1-4H3,(H,26,30). The van der Waals surface area contributed by atoms with Gasteiger partial charge in [-0.25, -0.2) is 12.8 Å². The van der Waals surface area contributed by atoms with Gasteiger partial charge in [0.25, 0.3) is 0 Å². The third-order valence-electron chi connectivity index (χ3n) is 5.19. The first-order chi connectivity index (χ1) is 15.4. The van der Waals surface area contributed by atoms with Gasteiger partial charge in [-0.3, -0.25) is 13.9 Å². The molecular formula is C23H29BrFN3O4S. The van der Waals surface area contributed by atoms with Gasteiger partial charge in [-0.2, -0.15) is 0 Å². The van der Waals surface area contributed by atoms with Crippen molar-refractivity contribution in [2.45, 2.75) is 45.8 Å². The lowest BCUT2D eigenvalue weighted by Gasteiger charge is -2.32. The van der Waals surface area contributed by atoms with Gasteiger partial charge in [0.15, 0.2) is 0 Å². The van der Waals surface area contributed by atoms with E-state index in [0.29, 0.717) is 0 Å². The van der Waals surface area contributed by atoms with Crippen molar-refractivity contribution in [1.29, 1.82) is 0 Å². The molecular weight excluding hydrogens is 513 g/mol. The quantitative estimate of drug-likeness (QED) is 0.497. The van der Waals surface area contributed by atoms with Crippen LogP contribution < -0.4 is 9.62 Å². The number of benzene rings is 2. The number of nitrogens with one attached hydrogen (secondary N) is 1. The van der Waals surface area contributed by atoms with Crippen LogP contribution >= 0.6 is 15.9 Å². The van der Waals surface area contributed by atoms with Crippen LogP contribution in [0.5, 0.6) is 0 Å². The van der Waals surface area contributed by atoms with Gasteiger partial charge in [-0.15, -0.1) is 0 Å². The Morgan fingerprint density at radius 2 is 1.79 bits per heavy atom. The number of halogens is 2. The summed E-state index contributed by atoms with van der Waals surface area (Å²) < 4.78 is 40.3. The fourth-order valence-electron chi connectivity index (χ4n) is 3.13. The van der Waals surface area contributed by atoms with Gasteiger partial charge in [0.1, 0.15) is 18.4 Å². The Balaban J connectivity index is 2.38. The minimum atomic E-state index is -3.90. The van der Waals surface area contributed by atoms with Crippen LogP contribution in [0.3, 0.4) is 0 Å². The summed E-state index contributed by atoms with van der Waals surface area (Å²) in [6.45, 7) is 4.91. The Hall–Kier alpha value is -2.46. The molecule has 2 atom stereocenters. The summed E-state index contributed by atoms with van der Waals surface area (Å²) in [5, 5.41) is 2.86. The zero-order valence-corrected chi connectivity index (χ0v) is 21.5. The first-order valence-electron chi connectivity index (χ1n) is 10.5. The van der Waals surface area contributed by atoms with Gasteiger partial charge in [0, 0.05) is 17.1 Å². The number of nitrogens with zero attached hydrogens (tertiary/aromatic N) is 2. The van der Waals surface area contributed by atoms with Crippen LogP contribution in [-0.2, 0) is 26.2 Å². The van der Waals surface area contributed by atoms with E-state index in [0.717, 1.165) is 33.1 Å². The fourth-order valence-corrected chi connectivity index (χ4v) is 4.41.